The van der Waals surface area contributed by atoms with Crippen LogP contribution in [0, 0.1) is 0 Å². The SMILES string of the molecule is O=P(c1ccccc1)(c1ccccc1)c1ccc(-c2cc3c(oc4cccc(-c5cccc(-c6ccc(-c7cc(-c8ccccc8)nc(-c8ccccc8)n7)cc6)c5)c43)c3ccccc23)cc1. The Hall–Kier alpha value is -8.43. The van der Waals surface area contributed by atoms with Gasteiger partial charge < -0.3 is 8.98 Å². The predicted molar refractivity (Wildman–Crippen MR) is 279 cm³/mol. The van der Waals surface area contributed by atoms with Gasteiger partial charge in [0.2, 0.25) is 0 Å². The van der Waals surface area contributed by atoms with Gasteiger partial charge in [-0.15, -0.1) is 0 Å². The van der Waals surface area contributed by atoms with E-state index in [2.05, 4.69) is 140 Å². The third-order valence-electron chi connectivity index (χ3n) is 12.8. The molecular weight excluding hydrogens is 836 g/mol. The predicted octanol–water partition coefficient (Wildman–Crippen LogP) is 15.2. The fourth-order valence-electron chi connectivity index (χ4n) is 9.47. The Labute approximate surface area is 388 Å². The minimum atomic E-state index is -3.13. The van der Waals surface area contributed by atoms with Gasteiger partial charge in [-0.2, -0.15) is 0 Å². The summed E-state index contributed by atoms with van der Waals surface area (Å²) < 4.78 is 22.0. The average molecular weight is 877 g/mol. The second kappa shape index (κ2) is 16.8. The van der Waals surface area contributed by atoms with Gasteiger partial charge in [0.25, 0.3) is 0 Å². The monoisotopic (exact) mass is 876 g/mol. The molecule has 0 aliphatic carbocycles. The standard InChI is InChI=1S/C62H41N2O2P/c65-67(49-23-9-3-10-24-49,50-25-11-4-12-26-50)51-37-35-43(36-38-51)55-40-56-60-52(29-16-30-59(60)66-61(56)54-28-14-13-27-53(54)55)48-22-15-21-47(39-48)42-31-33-45(34-32-42)58-41-57(44-17-5-1-6-18-44)63-62(64-58)46-19-7-2-8-20-46/h1-41H. The van der Waals surface area contributed by atoms with Gasteiger partial charge in [0.15, 0.2) is 13.0 Å². The smallest absolute Gasteiger partial charge is 0.171 e. The van der Waals surface area contributed by atoms with Crippen LogP contribution in [0.1, 0.15) is 0 Å². The number of furan rings is 1. The zero-order valence-electron chi connectivity index (χ0n) is 36.3. The molecule has 0 aliphatic heterocycles. The summed E-state index contributed by atoms with van der Waals surface area (Å²) in [5.74, 6) is 0.696. The molecule has 12 aromatic rings. The van der Waals surface area contributed by atoms with Gasteiger partial charge in [-0.1, -0.05) is 224 Å². The quantitative estimate of drug-likeness (QED) is 0.136. The van der Waals surface area contributed by atoms with Crippen molar-refractivity contribution in [3.63, 3.8) is 0 Å². The lowest BCUT2D eigenvalue weighted by Gasteiger charge is -2.20. The highest BCUT2D eigenvalue weighted by molar-refractivity contribution is 7.85. The van der Waals surface area contributed by atoms with E-state index in [-0.39, 0.29) is 0 Å². The fourth-order valence-corrected chi connectivity index (χ4v) is 12.1. The topological polar surface area (TPSA) is 56.0 Å². The van der Waals surface area contributed by atoms with Crippen molar-refractivity contribution in [1.29, 1.82) is 0 Å². The summed E-state index contributed by atoms with van der Waals surface area (Å²) in [6, 6.07) is 85.0. The van der Waals surface area contributed by atoms with Crippen LogP contribution in [0.25, 0.3) is 100.0 Å². The van der Waals surface area contributed by atoms with Crippen molar-refractivity contribution in [2.45, 2.75) is 0 Å². The largest absolute Gasteiger partial charge is 0.455 e. The average Bonchev–Trinajstić information content (AvgIpc) is 3.81. The Morgan fingerprint density at radius 3 is 1.48 bits per heavy atom. The van der Waals surface area contributed by atoms with E-state index in [1.165, 1.54) is 0 Å². The molecule has 0 amide bonds. The van der Waals surface area contributed by atoms with E-state index in [1.807, 2.05) is 109 Å². The first-order valence-corrected chi connectivity index (χ1v) is 24.2. The number of hydrogen-bond donors (Lipinski definition) is 0. The van der Waals surface area contributed by atoms with Crippen LogP contribution in [0.3, 0.4) is 0 Å². The molecule has 0 N–H and O–H groups in total. The van der Waals surface area contributed by atoms with Gasteiger partial charge in [0.1, 0.15) is 11.2 Å². The van der Waals surface area contributed by atoms with Gasteiger partial charge in [-0.05, 0) is 63.0 Å². The molecule has 12 rings (SSSR count). The number of rotatable bonds is 9. The first-order chi connectivity index (χ1) is 33.1. The zero-order chi connectivity index (χ0) is 44.7. The van der Waals surface area contributed by atoms with Crippen molar-refractivity contribution in [2.24, 2.45) is 0 Å². The molecule has 0 radical (unpaired) electrons. The molecule has 0 bridgehead atoms. The van der Waals surface area contributed by atoms with Crippen LogP contribution < -0.4 is 15.9 Å². The van der Waals surface area contributed by atoms with Crippen molar-refractivity contribution in [3.05, 3.63) is 249 Å². The summed E-state index contributed by atoms with van der Waals surface area (Å²) in [6.45, 7) is 0. The van der Waals surface area contributed by atoms with Crippen LogP contribution in [0.4, 0.5) is 0 Å². The van der Waals surface area contributed by atoms with Crippen LogP contribution in [0.2, 0.25) is 0 Å². The summed E-state index contributed by atoms with van der Waals surface area (Å²) in [5.41, 5.74) is 13.0. The molecule has 0 fully saturated rings. The number of hydrogen-bond acceptors (Lipinski definition) is 4. The van der Waals surface area contributed by atoms with Crippen molar-refractivity contribution in [2.75, 3.05) is 0 Å². The van der Waals surface area contributed by atoms with E-state index in [0.717, 1.165) is 110 Å². The van der Waals surface area contributed by atoms with Gasteiger partial charge in [-0.3, -0.25) is 0 Å². The maximum Gasteiger partial charge on any atom is 0.171 e. The minimum Gasteiger partial charge on any atom is -0.455 e. The minimum absolute atomic E-state index is 0.696. The zero-order valence-corrected chi connectivity index (χ0v) is 37.2. The number of benzene rings is 10. The third-order valence-corrected chi connectivity index (χ3v) is 15.9. The van der Waals surface area contributed by atoms with Crippen molar-refractivity contribution >= 4 is 55.8 Å². The molecule has 2 heterocycles. The first kappa shape index (κ1) is 40.1. The maximum atomic E-state index is 15.2. The molecule has 0 saturated carbocycles. The lowest BCUT2D eigenvalue weighted by molar-refractivity contribution is 0.592. The summed E-state index contributed by atoms with van der Waals surface area (Å²) in [7, 11) is -3.13. The Kier molecular flexibility index (Phi) is 10.1. The fraction of sp³-hybridized carbons (Fsp3) is 0. The molecule has 10 aromatic carbocycles. The molecule has 0 saturated heterocycles. The molecule has 67 heavy (non-hydrogen) atoms. The number of nitrogens with zero attached hydrogens (tertiary/aromatic N) is 2. The Morgan fingerprint density at radius 2 is 0.821 bits per heavy atom. The van der Waals surface area contributed by atoms with E-state index < -0.39 is 7.14 Å². The normalized spacial score (nSPS) is 11.6. The van der Waals surface area contributed by atoms with Gasteiger partial charge in [-0.25, -0.2) is 9.97 Å². The lowest BCUT2D eigenvalue weighted by atomic mass is 9.92. The van der Waals surface area contributed by atoms with E-state index in [0.29, 0.717) is 5.82 Å². The number of aromatic nitrogens is 2. The van der Waals surface area contributed by atoms with Gasteiger partial charge in [0.05, 0.1) is 11.4 Å². The molecule has 0 atom stereocenters. The summed E-state index contributed by atoms with van der Waals surface area (Å²) >= 11 is 0. The van der Waals surface area contributed by atoms with Gasteiger partial charge >= 0.3 is 0 Å². The lowest BCUT2D eigenvalue weighted by Crippen LogP contribution is -2.24. The van der Waals surface area contributed by atoms with E-state index >= 15 is 4.57 Å². The molecule has 2 aromatic heterocycles. The molecule has 0 spiro atoms. The second-order valence-corrected chi connectivity index (χ2v) is 19.6. The van der Waals surface area contributed by atoms with Crippen LogP contribution >= 0.6 is 7.14 Å². The van der Waals surface area contributed by atoms with Crippen molar-refractivity contribution < 1.29 is 8.98 Å². The third kappa shape index (κ3) is 7.25. The Bertz CT molecular complexity index is 3700. The van der Waals surface area contributed by atoms with Crippen LogP contribution in [-0.4, -0.2) is 9.97 Å². The van der Waals surface area contributed by atoms with E-state index in [4.69, 9.17) is 14.4 Å². The molecule has 0 unspecified atom stereocenters. The number of fused-ring (bicyclic) bond motifs is 5. The van der Waals surface area contributed by atoms with E-state index in [1.54, 1.807) is 0 Å². The maximum absolute atomic E-state index is 15.2. The molecule has 4 nitrogen and oxygen atoms in total. The highest BCUT2D eigenvalue weighted by Gasteiger charge is 2.29. The van der Waals surface area contributed by atoms with Gasteiger partial charge in [0, 0.05) is 48.8 Å². The van der Waals surface area contributed by atoms with E-state index in [9.17, 15) is 0 Å². The van der Waals surface area contributed by atoms with Crippen LogP contribution in [-0.2, 0) is 4.57 Å². The van der Waals surface area contributed by atoms with Crippen LogP contribution in [0.15, 0.2) is 253 Å². The summed E-state index contributed by atoms with van der Waals surface area (Å²) in [5, 5.41) is 6.69. The highest BCUT2D eigenvalue weighted by atomic mass is 31.2. The van der Waals surface area contributed by atoms with Crippen molar-refractivity contribution in [1.82, 2.24) is 9.97 Å². The molecule has 5 heteroatoms. The van der Waals surface area contributed by atoms with Crippen LogP contribution in [0.5, 0.6) is 0 Å². The Balaban J connectivity index is 0.927. The molecular formula is C62H41N2O2P. The second-order valence-electron chi connectivity index (χ2n) is 16.8. The highest BCUT2D eigenvalue weighted by Crippen LogP contribution is 2.45. The van der Waals surface area contributed by atoms with Crippen molar-refractivity contribution in [3.8, 4) is 67.3 Å². The molecule has 316 valence electrons. The Morgan fingerprint density at radius 1 is 0.328 bits per heavy atom. The molecule has 0 aliphatic rings. The summed E-state index contributed by atoms with van der Waals surface area (Å²) in [6.07, 6.45) is 0. The summed E-state index contributed by atoms with van der Waals surface area (Å²) in [4.78, 5) is 10.0. The first-order valence-electron chi connectivity index (χ1n) is 22.5.